The van der Waals surface area contributed by atoms with Crippen molar-refractivity contribution in [3.63, 3.8) is 0 Å². The first-order chi connectivity index (χ1) is 9.15. The first kappa shape index (κ1) is 11.5. The maximum absolute atomic E-state index is 13.7. The van der Waals surface area contributed by atoms with Gasteiger partial charge in [0.25, 0.3) is 0 Å². The molecule has 100 valence electrons. The second-order valence-electron chi connectivity index (χ2n) is 5.76. The molecule has 19 heavy (non-hydrogen) atoms. The standard InChI is InChI=1S/C14H15ClFN3/c15-9-5-11-12(6-10(9)16)19(14(17)18-11)13(7-1-2-7)8-3-4-8/h5-8,13H,1-4H2,(H2,17,18). The number of nitrogens with zero attached hydrogens (tertiary/aromatic N) is 2. The summed E-state index contributed by atoms with van der Waals surface area (Å²) in [5, 5.41) is 0.103. The van der Waals surface area contributed by atoms with E-state index >= 15 is 0 Å². The molecular weight excluding hydrogens is 265 g/mol. The van der Waals surface area contributed by atoms with Gasteiger partial charge in [0.2, 0.25) is 5.95 Å². The minimum Gasteiger partial charge on any atom is -0.369 e. The second kappa shape index (κ2) is 3.85. The Hall–Kier alpha value is -1.29. The van der Waals surface area contributed by atoms with E-state index in [4.69, 9.17) is 17.3 Å². The molecular formula is C14H15ClFN3. The van der Waals surface area contributed by atoms with Crippen molar-refractivity contribution in [1.29, 1.82) is 0 Å². The van der Waals surface area contributed by atoms with E-state index in [1.807, 2.05) is 4.57 Å². The number of aromatic nitrogens is 2. The summed E-state index contributed by atoms with van der Waals surface area (Å²) in [5.74, 6) is 1.46. The molecule has 5 heteroatoms. The molecule has 0 spiro atoms. The van der Waals surface area contributed by atoms with Gasteiger partial charge in [-0.3, -0.25) is 0 Å². The van der Waals surface area contributed by atoms with Crippen LogP contribution in [0.15, 0.2) is 12.1 Å². The van der Waals surface area contributed by atoms with Crippen LogP contribution in [0.5, 0.6) is 0 Å². The number of anilines is 1. The van der Waals surface area contributed by atoms with Gasteiger partial charge in [-0.15, -0.1) is 0 Å². The number of halogens is 2. The fraction of sp³-hybridized carbons (Fsp3) is 0.500. The van der Waals surface area contributed by atoms with Gasteiger partial charge in [-0.05, 0) is 43.6 Å². The quantitative estimate of drug-likeness (QED) is 0.929. The lowest BCUT2D eigenvalue weighted by Crippen LogP contribution is -2.15. The van der Waals surface area contributed by atoms with Crippen molar-refractivity contribution in [3.8, 4) is 0 Å². The van der Waals surface area contributed by atoms with E-state index in [1.165, 1.54) is 31.7 Å². The zero-order valence-electron chi connectivity index (χ0n) is 10.4. The molecule has 2 aliphatic carbocycles. The molecule has 0 atom stereocenters. The molecule has 0 aliphatic heterocycles. The number of rotatable bonds is 3. The maximum atomic E-state index is 13.7. The fourth-order valence-corrected chi connectivity index (χ4v) is 3.26. The highest BCUT2D eigenvalue weighted by molar-refractivity contribution is 6.31. The van der Waals surface area contributed by atoms with Gasteiger partial charge in [0.05, 0.1) is 16.1 Å². The van der Waals surface area contributed by atoms with Crippen molar-refractivity contribution in [2.75, 3.05) is 5.73 Å². The molecule has 0 radical (unpaired) electrons. The molecule has 2 saturated carbocycles. The van der Waals surface area contributed by atoms with Crippen molar-refractivity contribution < 1.29 is 4.39 Å². The zero-order chi connectivity index (χ0) is 13.1. The number of nitrogens with two attached hydrogens (primary N) is 1. The van der Waals surface area contributed by atoms with Gasteiger partial charge in [0, 0.05) is 12.1 Å². The first-order valence-electron chi connectivity index (χ1n) is 6.77. The van der Waals surface area contributed by atoms with E-state index in [9.17, 15) is 4.39 Å². The van der Waals surface area contributed by atoms with Crippen molar-refractivity contribution in [3.05, 3.63) is 23.0 Å². The summed E-state index contributed by atoms with van der Waals surface area (Å²) in [6, 6.07) is 3.43. The molecule has 2 fully saturated rings. The number of nitrogen functional groups attached to an aromatic ring is 1. The minimum absolute atomic E-state index is 0.103. The van der Waals surface area contributed by atoms with E-state index in [0.717, 1.165) is 5.52 Å². The lowest BCUT2D eigenvalue weighted by molar-refractivity contribution is 0.408. The van der Waals surface area contributed by atoms with Gasteiger partial charge in [0.15, 0.2) is 0 Å². The van der Waals surface area contributed by atoms with Gasteiger partial charge >= 0.3 is 0 Å². The first-order valence-corrected chi connectivity index (χ1v) is 7.15. The molecule has 1 aromatic heterocycles. The van der Waals surface area contributed by atoms with Crippen LogP contribution in [0.4, 0.5) is 10.3 Å². The Morgan fingerprint density at radius 3 is 2.47 bits per heavy atom. The highest BCUT2D eigenvalue weighted by Gasteiger charge is 2.43. The molecule has 2 N–H and O–H groups in total. The molecule has 1 heterocycles. The molecule has 1 aromatic carbocycles. The molecule has 4 rings (SSSR count). The predicted octanol–water partition coefficient (Wildman–Crippen LogP) is 3.77. The topological polar surface area (TPSA) is 43.8 Å². The van der Waals surface area contributed by atoms with E-state index in [1.54, 1.807) is 6.07 Å². The molecule has 0 unspecified atom stereocenters. The van der Waals surface area contributed by atoms with E-state index < -0.39 is 5.82 Å². The largest absolute Gasteiger partial charge is 0.369 e. The average molecular weight is 280 g/mol. The third kappa shape index (κ3) is 1.81. The SMILES string of the molecule is Nc1nc2cc(Cl)c(F)cc2n1C(C1CC1)C1CC1. The van der Waals surface area contributed by atoms with E-state index in [2.05, 4.69) is 4.98 Å². The number of hydrogen-bond donors (Lipinski definition) is 1. The van der Waals surface area contributed by atoms with Gasteiger partial charge in [-0.2, -0.15) is 0 Å². The summed E-state index contributed by atoms with van der Waals surface area (Å²) in [4.78, 5) is 4.35. The molecule has 2 aliphatic rings. The number of hydrogen-bond acceptors (Lipinski definition) is 2. The third-order valence-corrected chi connectivity index (χ3v) is 4.56. The van der Waals surface area contributed by atoms with Crippen molar-refractivity contribution in [2.45, 2.75) is 31.7 Å². The molecule has 0 amide bonds. The highest BCUT2D eigenvalue weighted by Crippen LogP contribution is 2.53. The van der Waals surface area contributed by atoms with E-state index in [0.29, 0.717) is 29.3 Å². The number of fused-ring (bicyclic) bond motifs is 1. The van der Waals surface area contributed by atoms with E-state index in [-0.39, 0.29) is 5.02 Å². The van der Waals surface area contributed by atoms with Crippen LogP contribution in [0.1, 0.15) is 31.7 Å². The Labute approximate surface area is 115 Å². The molecule has 0 saturated heterocycles. The smallest absolute Gasteiger partial charge is 0.201 e. The van der Waals surface area contributed by atoms with Crippen LogP contribution in [0, 0.1) is 17.7 Å². The van der Waals surface area contributed by atoms with Gasteiger partial charge in [-0.25, -0.2) is 9.37 Å². The zero-order valence-corrected chi connectivity index (χ0v) is 11.2. The monoisotopic (exact) mass is 279 g/mol. The van der Waals surface area contributed by atoms with Crippen LogP contribution in [-0.4, -0.2) is 9.55 Å². The summed E-state index contributed by atoms with van der Waals surface area (Å²) in [7, 11) is 0. The molecule has 2 aromatic rings. The second-order valence-corrected chi connectivity index (χ2v) is 6.17. The van der Waals surface area contributed by atoms with Gasteiger partial charge in [-0.1, -0.05) is 11.6 Å². The highest BCUT2D eigenvalue weighted by atomic mass is 35.5. The van der Waals surface area contributed by atoms with Gasteiger partial charge < -0.3 is 10.3 Å². The Kier molecular flexibility index (Phi) is 2.34. The van der Waals surface area contributed by atoms with Crippen LogP contribution in [0.3, 0.4) is 0 Å². The average Bonchev–Trinajstić information content (AvgIpc) is 3.24. The lowest BCUT2D eigenvalue weighted by atomic mass is 10.1. The third-order valence-electron chi connectivity index (χ3n) is 4.27. The lowest BCUT2D eigenvalue weighted by Gasteiger charge is -2.20. The maximum Gasteiger partial charge on any atom is 0.201 e. The summed E-state index contributed by atoms with van der Waals surface area (Å²) >= 11 is 5.81. The van der Waals surface area contributed by atoms with Crippen molar-refractivity contribution in [1.82, 2.24) is 9.55 Å². The van der Waals surface area contributed by atoms with Crippen molar-refractivity contribution in [2.24, 2.45) is 11.8 Å². The Morgan fingerprint density at radius 2 is 1.89 bits per heavy atom. The van der Waals surface area contributed by atoms with Crippen molar-refractivity contribution >= 4 is 28.6 Å². The summed E-state index contributed by atoms with van der Waals surface area (Å²) < 4.78 is 15.8. The molecule has 0 bridgehead atoms. The number of benzene rings is 1. The Bertz CT molecular complexity index is 646. The van der Waals surface area contributed by atoms with Crippen LogP contribution < -0.4 is 5.73 Å². The fourth-order valence-electron chi connectivity index (χ4n) is 3.10. The normalized spacial score (nSPS) is 19.5. The Balaban J connectivity index is 1.92. The molecule has 3 nitrogen and oxygen atoms in total. The minimum atomic E-state index is -0.402. The van der Waals surface area contributed by atoms with Crippen LogP contribution >= 0.6 is 11.6 Å². The Morgan fingerprint density at radius 1 is 1.26 bits per heavy atom. The summed E-state index contributed by atoms with van der Waals surface area (Å²) in [5.41, 5.74) is 7.54. The summed E-state index contributed by atoms with van der Waals surface area (Å²) in [6.45, 7) is 0. The van der Waals surface area contributed by atoms with Crippen LogP contribution in [0.2, 0.25) is 5.02 Å². The van der Waals surface area contributed by atoms with Gasteiger partial charge in [0.1, 0.15) is 5.82 Å². The summed E-state index contributed by atoms with van der Waals surface area (Å²) in [6.07, 6.45) is 4.99. The number of imidazole rings is 1. The van der Waals surface area contributed by atoms with Crippen LogP contribution in [-0.2, 0) is 0 Å². The predicted molar refractivity (Wildman–Crippen MR) is 73.6 cm³/mol. The van der Waals surface area contributed by atoms with Crippen LogP contribution in [0.25, 0.3) is 11.0 Å².